The number of rotatable bonds is 2. The van der Waals surface area contributed by atoms with E-state index >= 15 is 0 Å². The summed E-state index contributed by atoms with van der Waals surface area (Å²) in [5.41, 5.74) is 0. The van der Waals surface area contributed by atoms with Gasteiger partial charge in [-0.05, 0) is 50.4 Å². The molecule has 19 heavy (non-hydrogen) atoms. The van der Waals surface area contributed by atoms with Crippen LogP contribution in [0.5, 0.6) is 0 Å². The van der Waals surface area contributed by atoms with Gasteiger partial charge in [-0.15, -0.1) is 23.2 Å². The van der Waals surface area contributed by atoms with Crippen molar-refractivity contribution in [3.05, 3.63) is 0 Å². The lowest BCUT2D eigenvalue weighted by Crippen LogP contribution is -2.28. The Labute approximate surface area is 129 Å². The van der Waals surface area contributed by atoms with Gasteiger partial charge in [0.1, 0.15) is 5.88 Å². The van der Waals surface area contributed by atoms with E-state index in [1.54, 1.807) is 0 Å². The molecule has 7 heteroatoms. The second kappa shape index (κ2) is 13.0. The standard InChI is InChI=1S/C6H10ClNO.C4H9N.C2H2Cl2O/c7-5-6(9)8-3-1-2-4-8;1-2-4-5-3-1;3-1-2(4)5/h1-5H2;5H,1-4H2;1H2. The smallest absolute Gasteiger partial charge is 0.237 e. The van der Waals surface area contributed by atoms with Crippen molar-refractivity contribution in [3.63, 3.8) is 0 Å². The Hall–Kier alpha value is -0.0300. The molecule has 0 unspecified atom stereocenters. The number of hydrogen-bond donors (Lipinski definition) is 1. The fourth-order valence-corrected chi connectivity index (χ4v) is 1.85. The molecule has 1 N–H and O–H groups in total. The lowest BCUT2D eigenvalue weighted by molar-refractivity contribution is -0.127. The Bertz CT molecular complexity index is 248. The van der Waals surface area contributed by atoms with Gasteiger partial charge in [-0.2, -0.15) is 0 Å². The van der Waals surface area contributed by atoms with Gasteiger partial charge in [0.25, 0.3) is 0 Å². The topological polar surface area (TPSA) is 49.4 Å². The maximum absolute atomic E-state index is 10.8. The van der Waals surface area contributed by atoms with Gasteiger partial charge in [0.15, 0.2) is 0 Å². The summed E-state index contributed by atoms with van der Waals surface area (Å²) in [4.78, 5) is 22.1. The van der Waals surface area contributed by atoms with Crippen molar-refractivity contribution in [2.45, 2.75) is 25.7 Å². The Kier molecular flexibility index (Phi) is 13.0. The minimum absolute atomic E-state index is 0.0779. The molecule has 0 bridgehead atoms. The first-order valence-electron chi connectivity index (χ1n) is 6.40. The Morgan fingerprint density at radius 1 is 0.947 bits per heavy atom. The molecule has 4 nitrogen and oxygen atoms in total. The van der Waals surface area contributed by atoms with Crippen molar-refractivity contribution >= 4 is 46.0 Å². The molecule has 0 atom stereocenters. The largest absolute Gasteiger partial charge is 0.342 e. The summed E-state index contributed by atoms with van der Waals surface area (Å²) in [7, 11) is 0. The van der Waals surface area contributed by atoms with Gasteiger partial charge in [-0.3, -0.25) is 9.59 Å². The molecule has 0 aromatic carbocycles. The predicted octanol–water partition coefficient (Wildman–Crippen LogP) is 2.21. The van der Waals surface area contributed by atoms with E-state index in [0.717, 1.165) is 25.9 Å². The lowest BCUT2D eigenvalue weighted by Gasteiger charge is -2.11. The summed E-state index contributed by atoms with van der Waals surface area (Å²) in [6, 6.07) is 0. The summed E-state index contributed by atoms with van der Waals surface area (Å²) in [6.45, 7) is 4.32. The molecule has 2 heterocycles. The van der Waals surface area contributed by atoms with Crippen LogP contribution in [0.3, 0.4) is 0 Å². The fourth-order valence-electron chi connectivity index (χ4n) is 1.68. The van der Waals surface area contributed by atoms with E-state index < -0.39 is 5.24 Å². The van der Waals surface area contributed by atoms with Crippen LogP contribution in [0, 0.1) is 0 Å². The average Bonchev–Trinajstić information content (AvgIpc) is 3.13. The normalized spacial score (nSPS) is 17.1. The van der Waals surface area contributed by atoms with E-state index in [2.05, 4.69) is 5.32 Å². The van der Waals surface area contributed by atoms with Crippen LogP contribution in [-0.4, -0.2) is 54.0 Å². The van der Waals surface area contributed by atoms with Gasteiger partial charge in [0.05, 0.1) is 5.88 Å². The maximum Gasteiger partial charge on any atom is 0.237 e. The zero-order chi connectivity index (χ0) is 14.5. The first-order valence-corrected chi connectivity index (χ1v) is 7.85. The van der Waals surface area contributed by atoms with Gasteiger partial charge in [-0.1, -0.05) is 0 Å². The summed E-state index contributed by atoms with van der Waals surface area (Å²) >= 11 is 14.9. The SMILES string of the molecule is C1CCNC1.O=C(CCl)N1CCCC1.O=C(Cl)CCl. The molecule has 2 rings (SSSR count). The van der Waals surface area contributed by atoms with Crippen LogP contribution in [0.4, 0.5) is 0 Å². The minimum Gasteiger partial charge on any atom is -0.342 e. The first-order chi connectivity index (χ1) is 9.11. The van der Waals surface area contributed by atoms with Crippen molar-refractivity contribution < 1.29 is 9.59 Å². The van der Waals surface area contributed by atoms with Crippen LogP contribution in [0.15, 0.2) is 0 Å². The number of amides is 1. The molecular weight excluding hydrogens is 311 g/mol. The Morgan fingerprint density at radius 3 is 1.68 bits per heavy atom. The number of alkyl halides is 2. The van der Waals surface area contributed by atoms with Crippen LogP contribution in [-0.2, 0) is 9.59 Å². The first kappa shape index (κ1) is 19.0. The van der Waals surface area contributed by atoms with Crippen molar-refractivity contribution in [1.82, 2.24) is 10.2 Å². The summed E-state index contributed by atoms with van der Waals surface area (Å²) < 4.78 is 0. The van der Waals surface area contributed by atoms with Crippen molar-refractivity contribution in [1.29, 1.82) is 0 Å². The molecule has 0 aromatic heterocycles. The molecular formula is C12H21Cl3N2O2. The van der Waals surface area contributed by atoms with E-state index in [1.165, 1.54) is 25.9 Å². The number of nitrogens with zero attached hydrogens (tertiary/aromatic N) is 1. The highest BCUT2D eigenvalue weighted by molar-refractivity contribution is 6.67. The highest BCUT2D eigenvalue weighted by Gasteiger charge is 2.15. The van der Waals surface area contributed by atoms with E-state index in [9.17, 15) is 9.59 Å². The number of likely N-dealkylation sites (tertiary alicyclic amines) is 1. The molecule has 2 saturated heterocycles. The van der Waals surface area contributed by atoms with Crippen LogP contribution >= 0.6 is 34.8 Å². The molecule has 112 valence electrons. The lowest BCUT2D eigenvalue weighted by atomic mass is 10.4. The zero-order valence-electron chi connectivity index (χ0n) is 11.0. The van der Waals surface area contributed by atoms with Crippen molar-refractivity contribution in [2.24, 2.45) is 0 Å². The van der Waals surface area contributed by atoms with Gasteiger partial charge in [0, 0.05) is 13.1 Å². The monoisotopic (exact) mass is 330 g/mol. The Balaban J connectivity index is 0.000000278. The quantitative estimate of drug-likeness (QED) is 0.623. The molecule has 0 aromatic rings. The third-order valence-corrected chi connectivity index (χ3v) is 3.38. The number of carbonyl (C=O) groups excluding carboxylic acids is 2. The van der Waals surface area contributed by atoms with Gasteiger partial charge >= 0.3 is 0 Å². The van der Waals surface area contributed by atoms with E-state index in [-0.39, 0.29) is 17.7 Å². The van der Waals surface area contributed by atoms with Gasteiger partial charge < -0.3 is 10.2 Å². The van der Waals surface area contributed by atoms with Crippen LogP contribution in [0.25, 0.3) is 0 Å². The summed E-state index contributed by atoms with van der Waals surface area (Å²) in [6.07, 6.45) is 5.06. The highest BCUT2D eigenvalue weighted by atomic mass is 35.5. The van der Waals surface area contributed by atoms with Crippen molar-refractivity contribution in [2.75, 3.05) is 37.9 Å². The second-order valence-electron chi connectivity index (χ2n) is 4.17. The molecule has 0 saturated carbocycles. The fraction of sp³-hybridized carbons (Fsp3) is 0.833. The molecule has 2 fully saturated rings. The second-order valence-corrected chi connectivity index (χ2v) is 5.12. The van der Waals surface area contributed by atoms with E-state index in [4.69, 9.17) is 34.8 Å². The summed E-state index contributed by atoms with van der Waals surface area (Å²) in [5, 5.41) is 2.71. The highest BCUT2D eigenvalue weighted by Crippen LogP contribution is 2.07. The molecule has 2 aliphatic rings. The maximum atomic E-state index is 10.8. The molecule has 1 amide bonds. The number of carbonyl (C=O) groups is 2. The molecule has 0 spiro atoms. The Morgan fingerprint density at radius 2 is 1.42 bits per heavy atom. The van der Waals surface area contributed by atoms with Crippen LogP contribution in [0.2, 0.25) is 0 Å². The third kappa shape index (κ3) is 11.5. The molecule has 0 radical (unpaired) electrons. The van der Waals surface area contributed by atoms with Gasteiger partial charge in [-0.25, -0.2) is 0 Å². The predicted molar refractivity (Wildman–Crippen MR) is 80.2 cm³/mol. The van der Waals surface area contributed by atoms with E-state index in [1.807, 2.05) is 4.90 Å². The molecule has 2 aliphatic heterocycles. The zero-order valence-corrected chi connectivity index (χ0v) is 13.2. The van der Waals surface area contributed by atoms with Crippen LogP contribution < -0.4 is 5.32 Å². The van der Waals surface area contributed by atoms with Crippen LogP contribution in [0.1, 0.15) is 25.7 Å². The molecule has 0 aliphatic carbocycles. The number of nitrogens with one attached hydrogen (secondary N) is 1. The third-order valence-electron chi connectivity index (χ3n) is 2.64. The number of halogens is 3. The minimum atomic E-state index is -0.508. The summed E-state index contributed by atoms with van der Waals surface area (Å²) in [5.74, 6) is 0.121. The van der Waals surface area contributed by atoms with E-state index in [0.29, 0.717) is 0 Å². The number of hydrogen-bond acceptors (Lipinski definition) is 3. The van der Waals surface area contributed by atoms with Gasteiger partial charge in [0.2, 0.25) is 11.1 Å². The average molecular weight is 332 g/mol. The van der Waals surface area contributed by atoms with Crippen molar-refractivity contribution in [3.8, 4) is 0 Å².